The van der Waals surface area contributed by atoms with Crippen molar-refractivity contribution in [2.24, 2.45) is 0 Å². The lowest BCUT2D eigenvalue weighted by Crippen LogP contribution is -2.45. The molecule has 0 unspecified atom stereocenters. The van der Waals surface area contributed by atoms with Crippen LogP contribution in [-0.2, 0) is 11.3 Å². The molecule has 0 radical (unpaired) electrons. The van der Waals surface area contributed by atoms with Crippen LogP contribution in [0.5, 0.6) is 5.75 Å². The number of carbonyl (C=O) groups excluding carboxylic acids is 1. The molecule has 0 atom stereocenters. The topological polar surface area (TPSA) is 32.8 Å². The first-order valence-electron chi connectivity index (χ1n) is 6.66. The van der Waals surface area contributed by atoms with E-state index in [2.05, 4.69) is 4.90 Å². The molecule has 0 spiro atoms. The Kier molecular flexibility index (Phi) is 5.06. The number of rotatable bonds is 5. The highest BCUT2D eigenvalue weighted by atomic mass is 19.4. The summed E-state index contributed by atoms with van der Waals surface area (Å²) in [6.45, 7) is 2.21. The number of hydrogen-bond donors (Lipinski definition) is 0. The number of alkyl halides is 3. The summed E-state index contributed by atoms with van der Waals surface area (Å²) < 4.78 is 41.1. The lowest BCUT2D eigenvalue weighted by Gasteiger charge is -2.32. The van der Waals surface area contributed by atoms with E-state index in [9.17, 15) is 18.0 Å². The fraction of sp³-hybridized carbons (Fsp3) is 0.500. The fourth-order valence-corrected chi connectivity index (χ4v) is 2.18. The highest BCUT2D eigenvalue weighted by Crippen LogP contribution is 2.20. The maximum Gasteiger partial charge on any atom is 0.422 e. The molecule has 1 aliphatic rings. The van der Waals surface area contributed by atoms with E-state index in [1.54, 1.807) is 17.0 Å². The summed E-state index contributed by atoms with van der Waals surface area (Å²) in [6.07, 6.45) is -3.50. The number of carbonyl (C=O) groups is 1. The first-order valence-corrected chi connectivity index (χ1v) is 6.66. The molecule has 1 fully saturated rings. The highest BCUT2D eigenvalue weighted by Gasteiger charge is 2.28. The number of amides is 1. The van der Waals surface area contributed by atoms with Gasteiger partial charge in [0.15, 0.2) is 6.61 Å². The second-order valence-corrected chi connectivity index (χ2v) is 4.97. The van der Waals surface area contributed by atoms with Gasteiger partial charge in [-0.15, -0.1) is 0 Å². The monoisotopic (exact) mass is 302 g/mol. The molecule has 7 heteroatoms. The molecule has 1 aromatic rings. The zero-order valence-electron chi connectivity index (χ0n) is 11.5. The Balaban J connectivity index is 1.88. The van der Waals surface area contributed by atoms with Gasteiger partial charge in [0.1, 0.15) is 5.75 Å². The second-order valence-electron chi connectivity index (χ2n) is 4.97. The molecule has 0 aliphatic carbocycles. The Hall–Kier alpha value is -1.76. The standard InChI is InChI=1S/C14H17F3N2O2/c15-14(16,17)10-21-13-3-1-2-12(8-13)9-18-4-6-19(11-20)7-5-18/h1-3,8,11H,4-7,9-10H2. The predicted octanol–water partition coefficient (Wildman–Crippen LogP) is 1.90. The van der Waals surface area contributed by atoms with Gasteiger partial charge in [0, 0.05) is 32.7 Å². The minimum Gasteiger partial charge on any atom is -0.484 e. The third-order valence-electron chi connectivity index (χ3n) is 3.26. The molecule has 4 nitrogen and oxygen atoms in total. The van der Waals surface area contributed by atoms with Crippen molar-refractivity contribution in [3.63, 3.8) is 0 Å². The van der Waals surface area contributed by atoms with E-state index < -0.39 is 12.8 Å². The molecule has 0 bridgehead atoms. The van der Waals surface area contributed by atoms with Gasteiger partial charge < -0.3 is 9.64 Å². The fourth-order valence-electron chi connectivity index (χ4n) is 2.18. The van der Waals surface area contributed by atoms with Crippen LogP contribution in [-0.4, -0.2) is 55.2 Å². The smallest absolute Gasteiger partial charge is 0.422 e. The predicted molar refractivity (Wildman–Crippen MR) is 70.9 cm³/mol. The van der Waals surface area contributed by atoms with Crippen LogP contribution in [0, 0.1) is 0 Å². The van der Waals surface area contributed by atoms with Crippen LogP contribution in [0.25, 0.3) is 0 Å². The maximum atomic E-state index is 12.1. The van der Waals surface area contributed by atoms with Gasteiger partial charge in [-0.1, -0.05) is 12.1 Å². The Morgan fingerprint density at radius 3 is 2.52 bits per heavy atom. The highest BCUT2D eigenvalue weighted by molar-refractivity contribution is 5.47. The summed E-state index contributed by atoms with van der Waals surface area (Å²) in [5.41, 5.74) is 0.897. The van der Waals surface area contributed by atoms with E-state index in [1.165, 1.54) is 6.07 Å². The zero-order chi connectivity index (χ0) is 15.3. The quantitative estimate of drug-likeness (QED) is 0.779. The van der Waals surface area contributed by atoms with E-state index in [0.29, 0.717) is 19.6 Å². The van der Waals surface area contributed by atoms with E-state index in [-0.39, 0.29) is 5.75 Å². The van der Waals surface area contributed by atoms with E-state index in [4.69, 9.17) is 4.74 Å². The van der Waals surface area contributed by atoms with Crippen LogP contribution in [0.2, 0.25) is 0 Å². The van der Waals surface area contributed by atoms with Gasteiger partial charge in [0.2, 0.25) is 6.41 Å². The van der Waals surface area contributed by atoms with Crippen LogP contribution in [0.4, 0.5) is 13.2 Å². The minimum absolute atomic E-state index is 0.219. The SMILES string of the molecule is O=CN1CCN(Cc2cccc(OCC(F)(F)F)c2)CC1. The Labute approximate surface area is 121 Å². The molecule has 0 N–H and O–H groups in total. The van der Waals surface area contributed by atoms with Gasteiger partial charge in [-0.3, -0.25) is 9.69 Å². The van der Waals surface area contributed by atoms with Crippen molar-refractivity contribution < 1.29 is 22.7 Å². The number of hydrogen-bond acceptors (Lipinski definition) is 3. The van der Waals surface area contributed by atoms with Crippen molar-refractivity contribution >= 4 is 6.41 Å². The van der Waals surface area contributed by atoms with Crippen LogP contribution < -0.4 is 4.74 Å². The van der Waals surface area contributed by atoms with Crippen molar-refractivity contribution in [3.05, 3.63) is 29.8 Å². The van der Waals surface area contributed by atoms with Gasteiger partial charge in [-0.2, -0.15) is 13.2 Å². The number of halogens is 3. The van der Waals surface area contributed by atoms with Gasteiger partial charge in [-0.25, -0.2) is 0 Å². The second kappa shape index (κ2) is 6.80. The minimum atomic E-state index is -4.33. The van der Waals surface area contributed by atoms with Crippen molar-refractivity contribution in [3.8, 4) is 5.75 Å². The summed E-state index contributed by atoms with van der Waals surface area (Å²) in [5.74, 6) is 0.219. The first-order chi connectivity index (χ1) is 9.96. The van der Waals surface area contributed by atoms with Gasteiger partial charge in [0.05, 0.1) is 0 Å². The summed E-state index contributed by atoms with van der Waals surface area (Å²) >= 11 is 0. The van der Waals surface area contributed by atoms with Crippen LogP contribution in [0.15, 0.2) is 24.3 Å². The Bertz CT molecular complexity index is 472. The number of benzene rings is 1. The van der Waals surface area contributed by atoms with Crippen LogP contribution >= 0.6 is 0 Å². The molecule has 1 aromatic carbocycles. The van der Waals surface area contributed by atoms with E-state index in [1.807, 2.05) is 6.07 Å². The van der Waals surface area contributed by atoms with E-state index >= 15 is 0 Å². The van der Waals surface area contributed by atoms with Crippen molar-refractivity contribution in [1.29, 1.82) is 0 Å². The largest absolute Gasteiger partial charge is 0.484 e. The third-order valence-corrected chi connectivity index (χ3v) is 3.26. The van der Waals surface area contributed by atoms with Gasteiger partial charge in [0.25, 0.3) is 0 Å². The normalized spacial score (nSPS) is 16.8. The zero-order valence-corrected chi connectivity index (χ0v) is 11.5. The van der Waals surface area contributed by atoms with Crippen molar-refractivity contribution in [2.45, 2.75) is 12.7 Å². The molecule has 116 valence electrons. The van der Waals surface area contributed by atoms with Crippen LogP contribution in [0.3, 0.4) is 0 Å². The summed E-state index contributed by atoms with van der Waals surface area (Å²) in [6, 6.07) is 6.67. The van der Waals surface area contributed by atoms with Crippen LogP contribution in [0.1, 0.15) is 5.56 Å². The summed E-state index contributed by atoms with van der Waals surface area (Å²) in [7, 11) is 0. The van der Waals surface area contributed by atoms with Gasteiger partial charge in [-0.05, 0) is 17.7 Å². The molecule has 1 amide bonds. The maximum absolute atomic E-state index is 12.1. The van der Waals surface area contributed by atoms with Gasteiger partial charge >= 0.3 is 6.18 Å². The van der Waals surface area contributed by atoms with Crippen molar-refractivity contribution in [2.75, 3.05) is 32.8 Å². The molecule has 21 heavy (non-hydrogen) atoms. The summed E-state index contributed by atoms with van der Waals surface area (Å²) in [4.78, 5) is 14.5. The molecule has 2 rings (SSSR count). The molecule has 1 saturated heterocycles. The molecular formula is C14H17F3N2O2. The third kappa shape index (κ3) is 5.26. The lowest BCUT2D eigenvalue weighted by molar-refractivity contribution is -0.153. The number of piperazine rings is 1. The molecule has 1 heterocycles. The molecule has 0 saturated carbocycles. The first kappa shape index (κ1) is 15.6. The molecular weight excluding hydrogens is 285 g/mol. The lowest BCUT2D eigenvalue weighted by atomic mass is 10.2. The average molecular weight is 302 g/mol. The molecule has 0 aromatic heterocycles. The van der Waals surface area contributed by atoms with Crippen molar-refractivity contribution in [1.82, 2.24) is 9.80 Å². The van der Waals surface area contributed by atoms with E-state index in [0.717, 1.165) is 25.1 Å². The Morgan fingerprint density at radius 1 is 1.19 bits per heavy atom. The number of nitrogens with zero attached hydrogens (tertiary/aromatic N) is 2. The average Bonchev–Trinajstić information content (AvgIpc) is 2.46. The Morgan fingerprint density at radius 2 is 1.90 bits per heavy atom. The number of ether oxygens (including phenoxy) is 1. The summed E-state index contributed by atoms with van der Waals surface area (Å²) in [5, 5.41) is 0. The molecule has 1 aliphatic heterocycles.